The van der Waals surface area contributed by atoms with Crippen LogP contribution in [0.15, 0.2) is 48.5 Å². The second-order valence-corrected chi connectivity index (χ2v) is 6.74. The molecule has 2 N–H and O–H groups in total. The molecule has 2 aromatic carbocycles. The van der Waals surface area contributed by atoms with Crippen LogP contribution in [0.25, 0.3) is 11.1 Å². The van der Waals surface area contributed by atoms with Gasteiger partial charge in [0.25, 0.3) is 0 Å². The molecule has 4 heteroatoms. The number of nitrogens with one attached hydrogen (secondary N) is 2. The summed E-state index contributed by atoms with van der Waals surface area (Å²) >= 11 is 0. The average Bonchev–Trinajstić information content (AvgIpc) is 2.68. The van der Waals surface area contributed by atoms with Crippen molar-refractivity contribution in [3.63, 3.8) is 0 Å². The van der Waals surface area contributed by atoms with E-state index in [1.54, 1.807) is 14.2 Å². The van der Waals surface area contributed by atoms with Crippen LogP contribution in [0.1, 0.15) is 18.4 Å². The van der Waals surface area contributed by atoms with Crippen molar-refractivity contribution in [3.8, 4) is 16.9 Å². The van der Waals surface area contributed by atoms with Crippen LogP contribution < -0.4 is 15.4 Å². The molecule has 0 bridgehead atoms. The molecule has 0 radical (unpaired) electrons. The summed E-state index contributed by atoms with van der Waals surface area (Å²) in [5.74, 6) is 0.997. The monoisotopic (exact) mass is 338 g/mol. The SMILES string of the molecule is CNC(=O)[C@]1(Cc2ccc(-c3ccc(OC)cc3)cc2)CCCNC1. The Hall–Kier alpha value is -2.33. The summed E-state index contributed by atoms with van der Waals surface area (Å²) in [4.78, 5) is 12.5. The Balaban J connectivity index is 1.77. The van der Waals surface area contributed by atoms with Crippen LogP contribution in [0.5, 0.6) is 5.75 Å². The van der Waals surface area contributed by atoms with E-state index >= 15 is 0 Å². The second kappa shape index (κ2) is 7.70. The third kappa shape index (κ3) is 3.85. The maximum atomic E-state index is 12.5. The Labute approximate surface area is 149 Å². The molecule has 25 heavy (non-hydrogen) atoms. The lowest BCUT2D eigenvalue weighted by Crippen LogP contribution is -2.51. The molecule has 0 spiro atoms. The number of methoxy groups -OCH3 is 1. The first-order chi connectivity index (χ1) is 12.2. The molecule has 1 fully saturated rings. The normalized spacial score (nSPS) is 20.1. The van der Waals surface area contributed by atoms with Crippen LogP contribution >= 0.6 is 0 Å². The topological polar surface area (TPSA) is 50.4 Å². The minimum Gasteiger partial charge on any atom is -0.497 e. The van der Waals surface area contributed by atoms with Crippen molar-refractivity contribution in [2.75, 3.05) is 27.2 Å². The number of benzene rings is 2. The van der Waals surface area contributed by atoms with Crippen molar-refractivity contribution in [2.24, 2.45) is 5.41 Å². The number of rotatable bonds is 5. The molecular formula is C21H26N2O2. The predicted octanol–water partition coefficient (Wildman–Crippen LogP) is 3.02. The van der Waals surface area contributed by atoms with Crippen LogP contribution in [0.3, 0.4) is 0 Å². The molecule has 0 aliphatic carbocycles. The molecule has 2 aromatic rings. The van der Waals surface area contributed by atoms with Crippen molar-refractivity contribution in [1.29, 1.82) is 0 Å². The Kier molecular flexibility index (Phi) is 5.39. The number of amides is 1. The number of ether oxygens (including phenoxy) is 1. The fraction of sp³-hybridized carbons (Fsp3) is 0.381. The highest BCUT2D eigenvalue weighted by Gasteiger charge is 2.38. The molecule has 1 saturated heterocycles. The molecule has 0 aromatic heterocycles. The van der Waals surface area contributed by atoms with E-state index in [2.05, 4.69) is 47.0 Å². The van der Waals surface area contributed by atoms with Crippen molar-refractivity contribution in [3.05, 3.63) is 54.1 Å². The molecule has 132 valence electrons. The molecule has 1 aliphatic heterocycles. The maximum absolute atomic E-state index is 12.5. The van der Waals surface area contributed by atoms with Gasteiger partial charge in [0.15, 0.2) is 0 Å². The van der Waals surface area contributed by atoms with Gasteiger partial charge in [-0.2, -0.15) is 0 Å². The van der Waals surface area contributed by atoms with E-state index in [-0.39, 0.29) is 11.3 Å². The lowest BCUT2D eigenvalue weighted by atomic mass is 9.75. The highest BCUT2D eigenvalue weighted by Crippen LogP contribution is 2.32. The van der Waals surface area contributed by atoms with Gasteiger partial charge in [0, 0.05) is 13.6 Å². The van der Waals surface area contributed by atoms with Crippen LogP contribution in [0, 0.1) is 5.41 Å². The Bertz CT molecular complexity index is 702. The zero-order valence-electron chi connectivity index (χ0n) is 15.0. The van der Waals surface area contributed by atoms with E-state index in [0.717, 1.165) is 43.7 Å². The van der Waals surface area contributed by atoms with Gasteiger partial charge in [-0.05, 0) is 54.6 Å². The fourth-order valence-corrected chi connectivity index (χ4v) is 3.65. The molecule has 3 rings (SSSR count). The summed E-state index contributed by atoms with van der Waals surface area (Å²) in [5.41, 5.74) is 3.19. The van der Waals surface area contributed by atoms with Crippen molar-refractivity contribution in [1.82, 2.24) is 10.6 Å². The van der Waals surface area contributed by atoms with Crippen LogP contribution in [0.4, 0.5) is 0 Å². The van der Waals surface area contributed by atoms with E-state index < -0.39 is 0 Å². The molecule has 1 atom stereocenters. The second-order valence-electron chi connectivity index (χ2n) is 6.74. The largest absolute Gasteiger partial charge is 0.497 e. The van der Waals surface area contributed by atoms with Gasteiger partial charge in [0.2, 0.25) is 5.91 Å². The van der Waals surface area contributed by atoms with Gasteiger partial charge in [-0.3, -0.25) is 4.79 Å². The highest BCUT2D eigenvalue weighted by atomic mass is 16.5. The zero-order valence-corrected chi connectivity index (χ0v) is 15.0. The summed E-state index contributed by atoms with van der Waals surface area (Å²) in [7, 11) is 3.40. The highest BCUT2D eigenvalue weighted by molar-refractivity contribution is 5.83. The maximum Gasteiger partial charge on any atom is 0.227 e. The average molecular weight is 338 g/mol. The minimum absolute atomic E-state index is 0.138. The number of piperidine rings is 1. The first kappa shape index (κ1) is 17.5. The lowest BCUT2D eigenvalue weighted by Gasteiger charge is -2.36. The third-order valence-electron chi connectivity index (χ3n) is 5.10. The van der Waals surface area contributed by atoms with Gasteiger partial charge in [0.05, 0.1) is 12.5 Å². The Morgan fingerprint density at radius 3 is 2.28 bits per heavy atom. The van der Waals surface area contributed by atoms with Gasteiger partial charge in [-0.1, -0.05) is 36.4 Å². The van der Waals surface area contributed by atoms with Gasteiger partial charge >= 0.3 is 0 Å². The molecule has 1 heterocycles. The zero-order chi connectivity index (χ0) is 17.7. The number of carbonyl (C=O) groups is 1. The standard InChI is InChI=1S/C21H26N2O2/c1-22-20(24)21(12-3-13-23-15-21)14-16-4-6-17(7-5-16)18-8-10-19(25-2)11-9-18/h4-11,23H,3,12-15H2,1-2H3,(H,22,24)/t21-/m0/s1. The predicted molar refractivity (Wildman–Crippen MR) is 101 cm³/mol. The van der Waals surface area contributed by atoms with Crippen LogP contribution in [-0.2, 0) is 11.2 Å². The Morgan fingerprint density at radius 2 is 1.76 bits per heavy atom. The summed E-state index contributed by atoms with van der Waals surface area (Å²) in [5, 5.41) is 6.24. The fourth-order valence-electron chi connectivity index (χ4n) is 3.65. The summed E-state index contributed by atoms with van der Waals surface area (Å²) in [6.07, 6.45) is 2.74. The first-order valence-corrected chi connectivity index (χ1v) is 8.83. The van der Waals surface area contributed by atoms with Crippen molar-refractivity contribution >= 4 is 5.91 Å². The molecule has 4 nitrogen and oxygen atoms in total. The molecular weight excluding hydrogens is 312 g/mol. The van der Waals surface area contributed by atoms with Crippen LogP contribution in [-0.4, -0.2) is 33.2 Å². The molecule has 1 aliphatic rings. The smallest absolute Gasteiger partial charge is 0.227 e. The van der Waals surface area contributed by atoms with E-state index in [1.165, 1.54) is 11.1 Å². The van der Waals surface area contributed by atoms with E-state index in [4.69, 9.17) is 4.74 Å². The molecule has 0 saturated carbocycles. The van der Waals surface area contributed by atoms with Gasteiger partial charge < -0.3 is 15.4 Å². The molecule has 0 unspecified atom stereocenters. The Morgan fingerprint density at radius 1 is 1.12 bits per heavy atom. The summed E-state index contributed by atoms with van der Waals surface area (Å²) in [6, 6.07) is 16.6. The third-order valence-corrected chi connectivity index (χ3v) is 5.10. The molecule has 1 amide bonds. The van der Waals surface area contributed by atoms with Gasteiger partial charge in [-0.15, -0.1) is 0 Å². The quantitative estimate of drug-likeness (QED) is 0.881. The van der Waals surface area contributed by atoms with E-state index in [0.29, 0.717) is 0 Å². The van der Waals surface area contributed by atoms with Gasteiger partial charge in [-0.25, -0.2) is 0 Å². The lowest BCUT2D eigenvalue weighted by molar-refractivity contribution is -0.131. The summed E-state index contributed by atoms with van der Waals surface area (Å²) < 4.78 is 5.21. The summed E-state index contributed by atoms with van der Waals surface area (Å²) in [6.45, 7) is 1.74. The number of hydrogen-bond donors (Lipinski definition) is 2. The van der Waals surface area contributed by atoms with Crippen molar-refractivity contribution < 1.29 is 9.53 Å². The minimum atomic E-state index is -0.339. The number of hydrogen-bond acceptors (Lipinski definition) is 3. The van der Waals surface area contributed by atoms with Gasteiger partial charge in [0.1, 0.15) is 5.75 Å². The van der Waals surface area contributed by atoms with Crippen molar-refractivity contribution in [2.45, 2.75) is 19.3 Å². The van der Waals surface area contributed by atoms with E-state index in [9.17, 15) is 4.79 Å². The van der Waals surface area contributed by atoms with Crippen LogP contribution in [0.2, 0.25) is 0 Å². The van der Waals surface area contributed by atoms with E-state index in [1.807, 2.05) is 12.1 Å². The number of carbonyl (C=O) groups excluding carboxylic acids is 1. The first-order valence-electron chi connectivity index (χ1n) is 8.83.